The van der Waals surface area contributed by atoms with E-state index in [1.54, 1.807) is 12.4 Å². The monoisotopic (exact) mass is 294 g/mol. The number of sulfonamides is 1. The second-order valence-corrected chi connectivity index (χ2v) is 6.34. The Balaban J connectivity index is 1.98. The molecule has 0 aliphatic rings. The highest BCUT2D eigenvalue weighted by Crippen LogP contribution is 2.09. The average Bonchev–Trinajstić information content (AvgIpc) is 2.90. The summed E-state index contributed by atoms with van der Waals surface area (Å²) in [7, 11) is -1.50. The fourth-order valence-electron chi connectivity index (χ4n) is 1.87. The normalized spacial score (nSPS) is 11.7. The van der Waals surface area contributed by atoms with Crippen LogP contribution in [-0.4, -0.2) is 25.7 Å². The van der Waals surface area contributed by atoms with Gasteiger partial charge >= 0.3 is 0 Å². The molecule has 1 aromatic heterocycles. The van der Waals surface area contributed by atoms with Gasteiger partial charge in [-0.15, -0.1) is 0 Å². The maximum absolute atomic E-state index is 12.0. The van der Waals surface area contributed by atoms with Crippen molar-refractivity contribution >= 4 is 10.0 Å². The lowest BCUT2D eigenvalue weighted by molar-refractivity contribution is 0.580. The summed E-state index contributed by atoms with van der Waals surface area (Å²) in [6.45, 7) is 0.964. The van der Waals surface area contributed by atoms with Gasteiger partial charge in [0.15, 0.2) is 0 Å². The molecule has 0 aliphatic carbocycles. The van der Waals surface area contributed by atoms with Gasteiger partial charge in [-0.25, -0.2) is 13.1 Å². The Morgan fingerprint density at radius 3 is 2.70 bits per heavy atom. The zero-order chi connectivity index (χ0) is 14.4. The molecule has 20 heavy (non-hydrogen) atoms. The van der Waals surface area contributed by atoms with Gasteiger partial charge in [0.25, 0.3) is 0 Å². The van der Waals surface area contributed by atoms with Crippen molar-refractivity contribution in [2.24, 2.45) is 0 Å². The van der Waals surface area contributed by atoms with Crippen LogP contribution in [0, 0.1) is 0 Å². The number of aromatic nitrogens is 2. The molecule has 0 bridgehead atoms. The van der Waals surface area contributed by atoms with Crippen LogP contribution in [-0.2, 0) is 28.9 Å². The van der Waals surface area contributed by atoms with E-state index in [1.165, 1.54) is 0 Å². The largest absolute Gasteiger partial charge is 0.316 e. The molecule has 2 aromatic rings. The van der Waals surface area contributed by atoms with Crippen molar-refractivity contribution in [3.63, 3.8) is 0 Å². The first-order valence-corrected chi connectivity index (χ1v) is 7.92. The van der Waals surface area contributed by atoms with Crippen LogP contribution in [0.3, 0.4) is 0 Å². The molecule has 0 saturated heterocycles. The first-order chi connectivity index (χ1) is 9.59. The smallest absolute Gasteiger partial charge is 0.216 e. The van der Waals surface area contributed by atoms with Crippen molar-refractivity contribution in [2.45, 2.75) is 18.8 Å². The van der Waals surface area contributed by atoms with Crippen LogP contribution in [0.25, 0.3) is 0 Å². The summed E-state index contributed by atoms with van der Waals surface area (Å²) >= 11 is 0. The lowest BCUT2D eigenvalue weighted by Crippen LogP contribution is -2.24. The van der Waals surface area contributed by atoms with Crippen molar-refractivity contribution in [1.82, 2.24) is 20.2 Å². The van der Waals surface area contributed by atoms with E-state index >= 15 is 0 Å². The number of rotatable bonds is 7. The second-order valence-electron chi connectivity index (χ2n) is 4.54. The van der Waals surface area contributed by atoms with Crippen molar-refractivity contribution in [2.75, 3.05) is 7.05 Å². The lowest BCUT2D eigenvalue weighted by Gasteiger charge is -2.07. The Morgan fingerprint density at radius 1 is 1.20 bits per heavy atom. The zero-order valence-corrected chi connectivity index (χ0v) is 12.1. The second kappa shape index (κ2) is 6.65. The van der Waals surface area contributed by atoms with Gasteiger partial charge < -0.3 is 5.32 Å². The average molecular weight is 294 g/mol. The van der Waals surface area contributed by atoms with Crippen LogP contribution in [0.1, 0.15) is 16.7 Å². The molecule has 7 heteroatoms. The number of aromatic amines is 1. The van der Waals surface area contributed by atoms with E-state index in [0.29, 0.717) is 0 Å². The Kier molecular flexibility index (Phi) is 4.89. The molecule has 0 saturated carbocycles. The van der Waals surface area contributed by atoms with Crippen LogP contribution in [0.15, 0.2) is 36.7 Å². The summed E-state index contributed by atoms with van der Waals surface area (Å²) < 4.78 is 26.6. The van der Waals surface area contributed by atoms with Crippen molar-refractivity contribution < 1.29 is 8.42 Å². The van der Waals surface area contributed by atoms with Crippen LogP contribution in [0.2, 0.25) is 0 Å². The molecule has 0 atom stereocenters. The molecule has 3 N–H and O–H groups in total. The van der Waals surface area contributed by atoms with E-state index < -0.39 is 10.0 Å². The summed E-state index contributed by atoms with van der Waals surface area (Å²) in [6.07, 6.45) is 3.26. The van der Waals surface area contributed by atoms with Crippen LogP contribution < -0.4 is 10.0 Å². The quantitative estimate of drug-likeness (QED) is 0.703. The molecule has 108 valence electrons. The number of nitrogens with one attached hydrogen (secondary N) is 3. The number of benzene rings is 1. The molecule has 0 unspecified atom stereocenters. The van der Waals surface area contributed by atoms with Gasteiger partial charge in [0, 0.05) is 24.8 Å². The van der Waals surface area contributed by atoms with E-state index in [2.05, 4.69) is 20.2 Å². The summed E-state index contributed by atoms with van der Waals surface area (Å²) in [5.41, 5.74) is 2.64. The van der Waals surface area contributed by atoms with E-state index in [0.717, 1.165) is 23.2 Å². The first kappa shape index (κ1) is 14.7. The SMILES string of the molecule is CNCc1cccc(CS(=O)(=O)NCc2cn[nH]c2)c1. The maximum Gasteiger partial charge on any atom is 0.216 e. The summed E-state index contributed by atoms with van der Waals surface area (Å²) in [6, 6.07) is 7.54. The van der Waals surface area contributed by atoms with Gasteiger partial charge in [0.2, 0.25) is 10.0 Å². The summed E-state index contributed by atoms with van der Waals surface area (Å²) in [5.74, 6) is -0.0254. The highest BCUT2D eigenvalue weighted by Gasteiger charge is 2.11. The van der Waals surface area contributed by atoms with Gasteiger partial charge in [-0.2, -0.15) is 5.10 Å². The third-order valence-corrected chi connectivity index (χ3v) is 4.08. The molecular formula is C13H18N4O2S. The fraction of sp³-hybridized carbons (Fsp3) is 0.308. The molecule has 0 fully saturated rings. The topological polar surface area (TPSA) is 86.9 Å². The first-order valence-electron chi connectivity index (χ1n) is 6.26. The van der Waals surface area contributed by atoms with Crippen molar-refractivity contribution in [3.8, 4) is 0 Å². The Hall–Kier alpha value is -1.70. The molecule has 0 amide bonds. The van der Waals surface area contributed by atoms with Crippen LogP contribution in [0.4, 0.5) is 0 Å². The van der Waals surface area contributed by atoms with Gasteiger partial charge in [0.1, 0.15) is 0 Å². The standard InChI is InChI=1S/C13H18N4O2S/c1-14-6-11-3-2-4-12(5-11)10-20(18,19)17-9-13-7-15-16-8-13/h2-5,7-8,14,17H,6,9-10H2,1H3,(H,15,16). The lowest BCUT2D eigenvalue weighted by atomic mass is 10.1. The predicted molar refractivity (Wildman–Crippen MR) is 77.3 cm³/mol. The molecule has 1 aromatic carbocycles. The van der Waals surface area contributed by atoms with E-state index in [4.69, 9.17) is 0 Å². The van der Waals surface area contributed by atoms with Gasteiger partial charge in [-0.1, -0.05) is 24.3 Å². The molecule has 0 radical (unpaired) electrons. The molecule has 1 heterocycles. The van der Waals surface area contributed by atoms with E-state index in [-0.39, 0.29) is 12.3 Å². The Labute approximate surface area is 118 Å². The zero-order valence-electron chi connectivity index (χ0n) is 11.3. The van der Waals surface area contributed by atoms with Crippen molar-refractivity contribution in [1.29, 1.82) is 0 Å². The minimum absolute atomic E-state index is 0.0254. The van der Waals surface area contributed by atoms with E-state index in [9.17, 15) is 8.42 Å². The minimum Gasteiger partial charge on any atom is -0.316 e. The van der Waals surface area contributed by atoms with E-state index in [1.807, 2.05) is 31.3 Å². The third kappa shape index (κ3) is 4.44. The van der Waals surface area contributed by atoms with Gasteiger partial charge in [-0.05, 0) is 18.2 Å². The summed E-state index contributed by atoms with van der Waals surface area (Å²) in [4.78, 5) is 0. The number of nitrogens with zero attached hydrogens (tertiary/aromatic N) is 1. The van der Waals surface area contributed by atoms with Crippen LogP contribution in [0.5, 0.6) is 0 Å². The number of H-pyrrole nitrogens is 1. The minimum atomic E-state index is -3.35. The molecular weight excluding hydrogens is 276 g/mol. The number of hydrogen-bond acceptors (Lipinski definition) is 4. The number of hydrogen-bond donors (Lipinski definition) is 3. The fourth-order valence-corrected chi connectivity index (χ4v) is 2.98. The molecule has 2 rings (SSSR count). The Morgan fingerprint density at radius 2 is 2.00 bits per heavy atom. The van der Waals surface area contributed by atoms with Gasteiger partial charge in [0.05, 0.1) is 11.9 Å². The highest BCUT2D eigenvalue weighted by molar-refractivity contribution is 7.88. The Bertz CT molecular complexity index is 638. The maximum atomic E-state index is 12.0. The van der Waals surface area contributed by atoms with Crippen LogP contribution >= 0.6 is 0 Å². The highest BCUT2D eigenvalue weighted by atomic mass is 32.2. The predicted octanol–water partition coefficient (Wildman–Crippen LogP) is 0.749. The summed E-state index contributed by atoms with van der Waals surface area (Å²) in [5, 5.41) is 9.46. The third-order valence-electron chi connectivity index (χ3n) is 2.78. The van der Waals surface area contributed by atoms with Crippen molar-refractivity contribution in [3.05, 3.63) is 53.3 Å². The molecule has 6 nitrogen and oxygen atoms in total. The molecule has 0 spiro atoms. The van der Waals surface area contributed by atoms with Gasteiger partial charge in [-0.3, -0.25) is 5.10 Å². The molecule has 0 aliphatic heterocycles.